The molecule has 0 saturated carbocycles. The molecule has 6 nitrogen and oxygen atoms in total. The summed E-state index contributed by atoms with van der Waals surface area (Å²) in [5.74, 6) is -0.505. The standard InChI is InChI=1S/C15H26N4O2/c1-6-7-19-9-11(16)8-12(19)14(21)17-10(2)13(20)18-15(3,4)5/h8-10H,6-7,16H2,1-5H3,(H,17,21)(H,18,20). The minimum absolute atomic E-state index is 0.211. The summed E-state index contributed by atoms with van der Waals surface area (Å²) in [5, 5.41) is 5.54. The molecular formula is C15H26N4O2. The topological polar surface area (TPSA) is 89.2 Å². The molecule has 1 aromatic heterocycles. The van der Waals surface area contributed by atoms with Crippen LogP contribution in [0.4, 0.5) is 5.69 Å². The highest BCUT2D eigenvalue weighted by Gasteiger charge is 2.22. The van der Waals surface area contributed by atoms with E-state index in [1.54, 1.807) is 23.8 Å². The van der Waals surface area contributed by atoms with E-state index in [0.717, 1.165) is 6.42 Å². The molecule has 1 aromatic rings. The van der Waals surface area contributed by atoms with Crippen LogP contribution in [-0.4, -0.2) is 28.0 Å². The van der Waals surface area contributed by atoms with Crippen molar-refractivity contribution in [3.8, 4) is 0 Å². The van der Waals surface area contributed by atoms with Gasteiger partial charge in [-0.05, 0) is 40.2 Å². The van der Waals surface area contributed by atoms with Gasteiger partial charge in [-0.15, -0.1) is 0 Å². The van der Waals surface area contributed by atoms with E-state index in [-0.39, 0.29) is 17.4 Å². The van der Waals surface area contributed by atoms with Crippen molar-refractivity contribution < 1.29 is 9.59 Å². The number of anilines is 1. The maximum absolute atomic E-state index is 12.3. The number of rotatable bonds is 5. The van der Waals surface area contributed by atoms with Crippen LogP contribution in [0.2, 0.25) is 0 Å². The van der Waals surface area contributed by atoms with E-state index in [4.69, 9.17) is 5.73 Å². The van der Waals surface area contributed by atoms with Gasteiger partial charge < -0.3 is 20.9 Å². The van der Waals surface area contributed by atoms with Crippen LogP contribution in [0.5, 0.6) is 0 Å². The second-order valence-electron chi connectivity index (χ2n) is 6.29. The van der Waals surface area contributed by atoms with Gasteiger partial charge in [-0.25, -0.2) is 0 Å². The maximum Gasteiger partial charge on any atom is 0.268 e. The van der Waals surface area contributed by atoms with Gasteiger partial charge in [0.2, 0.25) is 5.91 Å². The van der Waals surface area contributed by atoms with Crippen molar-refractivity contribution in [1.82, 2.24) is 15.2 Å². The Labute approximate surface area is 126 Å². The Balaban J connectivity index is 2.74. The number of aromatic nitrogens is 1. The molecule has 0 fully saturated rings. The molecule has 1 unspecified atom stereocenters. The SMILES string of the molecule is CCCn1cc(N)cc1C(=O)NC(C)C(=O)NC(C)(C)C. The molecule has 0 saturated heterocycles. The lowest BCUT2D eigenvalue weighted by Crippen LogP contribution is -2.51. The van der Waals surface area contributed by atoms with Crippen LogP contribution in [0, 0.1) is 0 Å². The average Bonchev–Trinajstić information content (AvgIpc) is 2.68. The Kier molecular flexibility index (Phi) is 5.41. The van der Waals surface area contributed by atoms with E-state index in [1.807, 2.05) is 27.7 Å². The molecule has 1 rings (SSSR count). The molecule has 0 spiro atoms. The number of nitrogen functional groups attached to an aromatic ring is 1. The van der Waals surface area contributed by atoms with Gasteiger partial charge in [-0.3, -0.25) is 9.59 Å². The summed E-state index contributed by atoms with van der Waals surface area (Å²) in [5.41, 5.74) is 6.43. The van der Waals surface area contributed by atoms with Crippen molar-refractivity contribution in [3.05, 3.63) is 18.0 Å². The monoisotopic (exact) mass is 294 g/mol. The second kappa shape index (κ2) is 6.65. The van der Waals surface area contributed by atoms with Crippen molar-refractivity contribution in [3.63, 3.8) is 0 Å². The molecule has 0 aliphatic rings. The first kappa shape index (κ1) is 17.1. The molecule has 0 aliphatic heterocycles. The number of amides is 2. The van der Waals surface area contributed by atoms with Gasteiger partial charge in [0.15, 0.2) is 0 Å². The van der Waals surface area contributed by atoms with E-state index < -0.39 is 6.04 Å². The smallest absolute Gasteiger partial charge is 0.268 e. The predicted octanol–water partition coefficient (Wildman–Crippen LogP) is 1.51. The lowest BCUT2D eigenvalue weighted by atomic mass is 10.1. The third-order valence-corrected chi connectivity index (χ3v) is 2.85. The molecule has 0 aromatic carbocycles. The fourth-order valence-corrected chi connectivity index (χ4v) is 1.96. The number of carbonyl (C=O) groups excluding carboxylic acids is 2. The lowest BCUT2D eigenvalue weighted by Gasteiger charge is -2.23. The van der Waals surface area contributed by atoms with Crippen molar-refractivity contribution in [2.75, 3.05) is 5.73 Å². The fraction of sp³-hybridized carbons (Fsp3) is 0.600. The Bertz CT molecular complexity index is 514. The predicted molar refractivity (Wildman–Crippen MR) is 84.0 cm³/mol. The molecule has 2 amide bonds. The Morgan fingerprint density at radius 3 is 2.52 bits per heavy atom. The van der Waals surface area contributed by atoms with Crippen LogP contribution in [0.25, 0.3) is 0 Å². The highest BCUT2D eigenvalue weighted by atomic mass is 16.2. The Morgan fingerprint density at radius 1 is 1.38 bits per heavy atom. The molecule has 1 heterocycles. The van der Waals surface area contributed by atoms with Crippen LogP contribution in [0.15, 0.2) is 12.3 Å². The van der Waals surface area contributed by atoms with E-state index in [1.165, 1.54) is 0 Å². The van der Waals surface area contributed by atoms with E-state index in [9.17, 15) is 9.59 Å². The Hall–Kier alpha value is -1.98. The molecule has 0 bridgehead atoms. The normalized spacial score (nSPS) is 12.8. The molecular weight excluding hydrogens is 268 g/mol. The van der Waals surface area contributed by atoms with Gasteiger partial charge in [0.25, 0.3) is 5.91 Å². The summed E-state index contributed by atoms with van der Waals surface area (Å²) in [6, 6.07) is 1.02. The highest BCUT2D eigenvalue weighted by Crippen LogP contribution is 2.11. The van der Waals surface area contributed by atoms with Crippen LogP contribution in [0.1, 0.15) is 51.5 Å². The average molecular weight is 294 g/mol. The molecule has 1 atom stereocenters. The minimum Gasteiger partial charge on any atom is -0.397 e. The molecule has 0 aliphatic carbocycles. The summed E-state index contributed by atoms with van der Waals surface area (Å²) in [6.45, 7) is 10.1. The van der Waals surface area contributed by atoms with E-state index >= 15 is 0 Å². The second-order valence-corrected chi connectivity index (χ2v) is 6.29. The zero-order chi connectivity index (χ0) is 16.2. The third kappa shape index (κ3) is 5.13. The summed E-state index contributed by atoms with van der Waals surface area (Å²) in [6.07, 6.45) is 2.63. The number of hydrogen-bond donors (Lipinski definition) is 3. The van der Waals surface area contributed by atoms with E-state index in [0.29, 0.717) is 17.9 Å². The first-order valence-corrected chi connectivity index (χ1v) is 7.22. The zero-order valence-corrected chi connectivity index (χ0v) is 13.5. The molecule has 0 radical (unpaired) electrons. The molecule has 118 valence electrons. The number of nitrogens with two attached hydrogens (primary N) is 1. The quantitative estimate of drug-likeness (QED) is 0.769. The highest BCUT2D eigenvalue weighted by molar-refractivity contribution is 5.97. The minimum atomic E-state index is -0.608. The molecule has 6 heteroatoms. The number of carbonyl (C=O) groups is 2. The number of aryl methyl sites for hydroxylation is 1. The zero-order valence-electron chi connectivity index (χ0n) is 13.5. The number of nitrogens with zero attached hydrogens (tertiary/aromatic N) is 1. The van der Waals surface area contributed by atoms with Gasteiger partial charge >= 0.3 is 0 Å². The maximum atomic E-state index is 12.3. The van der Waals surface area contributed by atoms with Crippen LogP contribution in [-0.2, 0) is 11.3 Å². The molecule has 21 heavy (non-hydrogen) atoms. The summed E-state index contributed by atoms with van der Waals surface area (Å²) < 4.78 is 1.80. The summed E-state index contributed by atoms with van der Waals surface area (Å²) in [4.78, 5) is 24.3. The van der Waals surface area contributed by atoms with Gasteiger partial charge in [0.05, 0.1) is 5.69 Å². The van der Waals surface area contributed by atoms with Crippen LogP contribution in [0.3, 0.4) is 0 Å². The summed E-state index contributed by atoms with van der Waals surface area (Å²) in [7, 11) is 0. The van der Waals surface area contributed by atoms with Gasteiger partial charge in [0.1, 0.15) is 11.7 Å². The molecule has 4 N–H and O–H groups in total. The van der Waals surface area contributed by atoms with Gasteiger partial charge in [-0.1, -0.05) is 6.92 Å². The lowest BCUT2D eigenvalue weighted by molar-refractivity contribution is -0.124. The fourth-order valence-electron chi connectivity index (χ4n) is 1.96. The van der Waals surface area contributed by atoms with Crippen molar-refractivity contribution in [2.45, 2.75) is 59.2 Å². The van der Waals surface area contributed by atoms with Crippen molar-refractivity contribution >= 4 is 17.5 Å². The number of nitrogens with one attached hydrogen (secondary N) is 2. The van der Waals surface area contributed by atoms with Crippen LogP contribution >= 0.6 is 0 Å². The van der Waals surface area contributed by atoms with Crippen molar-refractivity contribution in [2.24, 2.45) is 0 Å². The Morgan fingerprint density at radius 2 is 2.00 bits per heavy atom. The first-order chi connectivity index (χ1) is 9.64. The first-order valence-electron chi connectivity index (χ1n) is 7.22. The third-order valence-electron chi connectivity index (χ3n) is 2.85. The number of hydrogen-bond acceptors (Lipinski definition) is 3. The van der Waals surface area contributed by atoms with Crippen LogP contribution < -0.4 is 16.4 Å². The van der Waals surface area contributed by atoms with Gasteiger partial charge in [-0.2, -0.15) is 0 Å². The largest absolute Gasteiger partial charge is 0.397 e. The van der Waals surface area contributed by atoms with Gasteiger partial charge in [0, 0.05) is 18.3 Å². The van der Waals surface area contributed by atoms with Crippen molar-refractivity contribution in [1.29, 1.82) is 0 Å². The van der Waals surface area contributed by atoms with E-state index in [2.05, 4.69) is 10.6 Å². The summed E-state index contributed by atoms with van der Waals surface area (Å²) >= 11 is 0.